The fraction of sp³-hybridized carbons (Fsp3) is 0.0556. The van der Waals surface area contributed by atoms with Crippen LogP contribution in [0.4, 0.5) is 5.13 Å². The Bertz CT molecular complexity index is 967. The Labute approximate surface area is 148 Å². The van der Waals surface area contributed by atoms with Gasteiger partial charge in [0.25, 0.3) is 0 Å². The number of amidine groups is 1. The molecule has 1 heterocycles. The van der Waals surface area contributed by atoms with Crippen LogP contribution in [0.5, 0.6) is 5.75 Å². The molecule has 0 fully saturated rings. The number of guanidine groups is 1. The number of aromatic nitrogens is 1. The molecule has 0 radical (unpaired) electrons. The lowest BCUT2D eigenvalue weighted by Gasteiger charge is -2.05. The Kier molecular flexibility index (Phi) is 4.92. The number of benzene rings is 2. The van der Waals surface area contributed by atoms with Gasteiger partial charge in [-0.25, -0.2) is 4.98 Å². The van der Waals surface area contributed by atoms with Crippen LogP contribution < -0.4 is 16.2 Å². The maximum atomic E-state index is 6.00. The molecule has 0 saturated heterocycles. The van der Waals surface area contributed by atoms with Gasteiger partial charge >= 0.3 is 0 Å². The monoisotopic (exact) mass is 349 g/mol. The Morgan fingerprint density at radius 2 is 2.04 bits per heavy atom. The van der Waals surface area contributed by atoms with Crippen molar-refractivity contribution in [2.45, 2.75) is 0 Å². The first kappa shape index (κ1) is 16.5. The van der Waals surface area contributed by atoms with Gasteiger partial charge in [-0.2, -0.15) is 9.98 Å². The van der Waals surface area contributed by atoms with Gasteiger partial charge in [0.05, 0.1) is 10.2 Å². The highest BCUT2D eigenvalue weighted by atomic mass is 32.1. The molecule has 1 aromatic heterocycles. The van der Waals surface area contributed by atoms with E-state index in [0.29, 0.717) is 16.4 Å². The van der Waals surface area contributed by atoms with Crippen LogP contribution in [-0.4, -0.2) is 23.4 Å². The maximum Gasteiger partial charge on any atom is 0.224 e. The molecular weight excluding hydrogens is 334 g/mol. The Balaban J connectivity index is 1.82. The molecule has 4 N–H and O–H groups in total. The molecule has 3 rings (SSSR count). The number of terminal acetylenes is 1. The zero-order valence-corrected chi connectivity index (χ0v) is 14.0. The number of aliphatic imine (C=N–C) groups is 2. The highest BCUT2D eigenvalue weighted by Gasteiger charge is 2.04. The normalized spacial score (nSPS) is 12.1. The fourth-order valence-corrected chi connectivity index (χ4v) is 2.93. The summed E-state index contributed by atoms with van der Waals surface area (Å²) < 4.78 is 6.40. The second-order valence-corrected chi connectivity index (χ2v) is 5.96. The fourth-order valence-electron chi connectivity index (χ4n) is 2.09. The molecule has 0 bridgehead atoms. The summed E-state index contributed by atoms with van der Waals surface area (Å²) in [7, 11) is 0. The summed E-state index contributed by atoms with van der Waals surface area (Å²) in [6.45, 7) is 0.182. The minimum atomic E-state index is 0.0338. The summed E-state index contributed by atoms with van der Waals surface area (Å²) >= 11 is 1.43. The minimum Gasteiger partial charge on any atom is -0.481 e. The van der Waals surface area contributed by atoms with Crippen LogP contribution in [0.2, 0.25) is 0 Å². The first-order valence-corrected chi connectivity index (χ1v) is 8.18. The van der Waals surface area contributed by atoms with Crippen molar-refractivity contribution in [3.05, 3.63) is 54.1 Å². The smallest absolute Gasteiger partial charge is 0.224 e. The molecule has 3 aromatic rings. The van der Waals surface area contributed by atoms with Crippen molar-refractivity contribution >= 4 is 38.5 Å². The van der Waals surface area contributed by atoms with E-state index in [2.05, 4.69) is 20.9 Å². The maximum absolute atomic E-state index is 6.00. The topological polar surface area (TPSA) is 98.9 Å². The van der Waals surface area contributed by atoms with Gasteiger partial charge in [-0.15, -0.1) is 6.42 Å². The summed E-state index contributed by atoms with van der Waals surface area (Å²) in [5, 5.41) is 0.529. The molecule has 0 unspecified atom stereocenters. The van der Waals surface area contributed by atoms with Crippen molar-refractivity contribution < 1.29 is 4.74 Å². The van der Waals surface area contributed by atoms with Crippen molar-refractivity contribution in [3.8, 4) is 18.1 Å². The molecule has 0 aliphatic carbocycles. The third kappa shape index (κ3) is 4.13. The van der Waals surface area contributed by atoms with Crippen LogP contribution in [-0.2, 0) is 0 Å². The third-order valence-corrected chi connectivity index (χ3v) is 4.11. The first-order chi connectivity index (χ1) is 12.2. The lowest BCUT2D eigenvalue weighted by Crippen LogP contribution is -2.19. The first-order valence-electron chi connectivity index (χ1n) is 7.36. The summed E-state index contributed by atoms with van der Waals surface area (Å²) in [5.74, 6) is 3.28. The Hall–Kier alpha value is -3.37. The predicted octanol–water partition coefficient (Wildman–Crippen LogP) is 2.66. The third-order valence-electron chi connectivity index (χ3n) is 3.18. The molecule has 6 nitrogen and oxygen atoms in total. The quantitative estimate of drug-likeness (QED) is 0.430. The molecule has 0 spiro atoms. The van der Waals surface area contributed by atoms with E-state index in [1.54, 1.807) is 24.3 Å². The molecule has 0 amide bonds. The average Bonchev–Trinajstić information content (AvgIpc) is 3.02. The Morgan fingerprint density at radius 3 is 2.84 bits per heavy atom. The van der Waals surface area contributed by atoms with Crippen LogP contribution in [0.1, 0.15) is 5.56 Å². The van der Waals surface area contributed by atoms with E-state index in [1.165, 1.54) is 11.3 Å². The molecular formula is C18H15N5OS. The molecule has 2 aromatic carbocycles. The largest absolute Gasteiger partial charge is 0.481 e. The van der Waals surface area contributed by atoms with Crippen molar-refractivity contribution in [1.29, 1.82) is 0 Å². The van der Waals surface area contributed by atoms with Gasteiger partial charge in [-0.1, -0.05) is 41.5 Å². The molecule has 25 heavy (non-hydrogen) atoms. The number of thiazole rings is 1. The standard InChI is InChI=1S/C18H15N5OS/c1-2-10-24-13-7-5-6-12(11-13)16(19)22-17(20)23-18-21-14-8-3-4-9-15(14)25-18/h1,3-9,11H,10H2,(H4,19,20,21,22,23). The van der Waals surface area contributed by atoms with Gasteiger partial charge in [0.1, 0.15) is 18.2 Å². The lowest BCUT2D eigenvalue weighted by molar-refractivity contribution is 0.370. The van der Waals surface area contributed by atoms with Crippen molar-refractivity contribution in [2.24, 2.45) is 21.5 Å². The zero-order valence-electron chi connectivity index (χ0n) is 13.2. The zero-order chi connectivity index (χ0) is 17.6. The van der Waals surface area contributed by atoms with Gasteiger partial charge in [-0.3, -0.25) is 0 Å². The van der Waals surface area contributed by atoms with Gasteiger partial charge in [0, 0.05) is 5.56 Å². The van der Waals surface area contributed by atoms with Crippen LogP contribution in [0.25, 0.3) is 10.2 Å². The minimum absolute atomic E-state index is 0.0338. The van der Waals surface area contributed by atoms with E-state index in [-0.39, 0.29) is 18.4 Å². The molecule has 0 saturated carbocycles. The number of para-hydroxylation sites is 1. The van der Waals surface area contributed by atoms with E-state index in [0.717, 1.165) is 10.2 Å². The highest BCUT2D eigenvalue weighted by molar-refractivity contribution is 7.22. The molecule has 0 atom stereocenters. The van der Waals surface area contributed by atoms with Crippen molar-refractivity contribution in [1.82, 2.24) is 4.98 Å². The van der Waals surface area contributed by atoms with Crippen molar-refractivity contribution in [2.75, 3.05) is 6.61 Å². The second-order valence-electron chi connectivity index (χ2n) is 4.95. The second kappa shape index (κ2) is 7.47. The number of fused-ring (bicyclic) bond motifs is 1. The van der Waals surface area contributed by atoms with Gasteiger partial charge in [-0.05, 0) is 24.3 Å². The lowest BCUT2D eigenvalue weighted by atomic mass is 10.2. The van der Waals surface area contributed by atoms with Crippen molar-refractivity contribution in [3.63, 3.8) is 0 Å². The van der Waals surface area contributed by atoms with E-state index in [4.69, 9.17) is 22.6 Å². The van der Waals surface area contributed by atoms with Gasteiger partial charge < -0.3 is 16.2 Å². The van der Waals surface area contributed by atoms with Crippen LogP contribution in [0.15, 0.2) is 58.5 Å². The molecule has 0 aliphatic rings. The number of nitrogens with two attached hydrogens (primary N) is 2. The van der Waals surface area contributed by atoms with Gasteiger partial charge in [0.2, 0.25) is 11.1 Å². The van der Waals surface area contributed by atoms with Gasteiger partial charge in [0.15, 0.2) is 0 Å². The van der Waals surface area contributed by atoms with Crippen LogP contribution in [0.3, 0.4) is 0 Å². The summed E-state index contributed by atoms with van der Waals surface area (Å²) in [4.78, 5) is 12.7. The number of nitrogens with zero attached hydrogens (tertiary/aromatic N) is 3. The Morgan fingerprint density at radius 1 is 1.20 bits per heavy atom. The molecule has 124 valence electrons. The number of ether oxygens (including phenoxy) is 1. The molecule has 0 aliphatic heterocycles. The van der Waals surface area contributed by atoms with E-state index in [1.807, 2.05) is 24.3 Å². The average molecular weight is 349 g/mol. The number of rotatable bonds is 4. The van der Waals surface area contributed by atoms with Crippen LogP contribution >= 0.6 is 11.3 Å². The number of hydrogen-bond donors (Lipinski definition) is 2. The predicted molar refractivity (Wildman–Crippen MR) is 102 cm³/mol. The van der Waals surface area contributed by atoms with E-state index >= 15 is 0 Å². The summed E-state index contributed by atoms with van der Waals surface area (Å²) in [6.07, 6.45) is 5.18. The summed E-state index contributed by atoms with van der Waals surface area (Å²) in [5.41, 5.74) is 13.4. The highest BCUT2D eigenvalue weighted by Crippen LogP contribution is 2.27. The van der Waals surface area contributed by atoms with Crippen LogP contribution in [0, 0.1) is 12.3 Å². The SMILES string of the molecule is C#CCOc1cccc(/C(N)=N/C(N)=N/c2nc3ccccc3s2)c1. The van der Waals surface area contributed by atoms with E-state index in [9.17, 15) is 0 Å². The van der Waals surface area contributed by atoms with E-state index < -0.39 is 0 Å². The molecule has 7 heteroatoms. The summed E-state index contributed by atoms with van der Waals surface area (Å²) in [6, 6.07) is 14.9. The number of hydrogen-bond acceptors (Lipinski definition) is 4.